The Balaban J connectivity index is 3.35. The van der Waals surface area contributed by atoms with E-state index < -0.39 is 18.1 Å². The van der Waals surface area contributed by atoms with E-state index >= 15 is 0 Å². The third-order valence-corrected chi connectivity index (χ3v) is 1.39. The van der Waals surface area contributed by atoms with Crippen LogP contribution < -0.4 is 16.9 Å². The van der Waals surface area contributed by atoms with E-state index in [1.807, 2.05) is 0 Å². The van der Waals surface area contributed by atoms with Crippen molar-refractivity contribution in [2.75, 3.05) is 6.54 Å². The minimum Gasteiger partial charge on any atom is -0.480 e. The molecule has 0 aliphatic carbocycles. The Labute approximate surface area is 75.0 Å². The van der Waals surface area contributed by atoms with Gasteiger partial charge in [0.1, 0.15) is 6.04 Å². The molecule has 0 aromatic carbocycles. The molecular formula is C6H13N3O4. The van der Waals surface area contributed by atoms with Crippen molar-refractivity contribution in [2.24, 2.45) is 11.6 Å². The van der Waals surface area contributed by atoms with E-state index in [9.17, 15) is 9.59 Å². The van der Waals surface area contributed by atoms with Crippen molar-refractivity contribution < 1.29 is 19.5 Å². The number of amides is 1. The Morgan fingerprint density at radius 2 is 2.15 bits per heavy atom. The quantitative estimate of drug-likeness (QED) is 0.318. The van der Waals surface area contributed by atoms with Crippen LogP contribution in [-0.2, 0) is 9.63 Å². The van der Waals surface area contributed by atoms with Crippen LogP contribution in [-0.4, -0.2) is 29.8 Å². The predicted molar refractivity (Wildman–Crippen MR) is 43.5 cm³/mol. The molecule has 0 saturated carbocycles. The topological polar surface area (TPSA) is 128 Å². The van der Waals surface area contributed by atoms with Crippen LogP contribution in [0.25, 0.3) is 0 Å². The molecule has 1 amide bonds. The molecule has 0 bridgehead atoms. The van der Waals surface area contributed by atoms with Crippen LogP contribution in [0.15, 0.2) is 0 Å². The van der Waals surface area contributed by atoms with Crippen molar-refractivity contribution >= 4 is 12.1 Å². The van der Waals surface area contributed by atoms with E-state index in [0.717, 1.165) is 0 Å². The van der Waals surface area contributed by atoms with Crippen LogP contribution in [0.5, 0.6) is 0 Å². The van der Waals surface area contributed by atoms with Gasteiger partial charge in [0.15, 0.2) is 0 Å². The molecule has 0 aliphatic rings. The first-order valence-corrected chi connectivity index (χ1v) is 3.71. The summed E-state index contributed by atoms with van der Waals surface area (Å²) in [6.45, 7) is 0.289. The first-order valence-electron chi connectivity index (χ1n) is 3.71. The molecule has 7 nitrogen and oxygen atoms in total. The fourth-order valence-corrected chi connectivity index (χ4v) is 0.678. The number of aliphatic carboxylic acids is 1. The molecule has 1 atom stereocenters. The second-order valence-corrected chi connectivity index (χ2v) is 2.42. The average molecular weight is 191 g/mol. The van der Waals surface area contributed by atoms with E-state index in [1.54, 1.807) is 0 Å². The summed E-state index contributed by atoms with van der Waals surface area (Å²) in [5.41, 5.74) is 5.20. The minimum absolute atomic E-state index is 0.289. The molecule has 0 aromatic rings. The van der Waals surface area contributed by atoms with E-state index in [2.05, 4.69) is 16.1 Å². The van der Waals surface area contributed by atoms with E-state index in [1.165, 1.54) is 0 Å². The van der Waals surface area contributed by atoms with Gasteiger partial charge < -0.3 is 21.0 Å². The number of carboxylic acids is 1. The van der Waals surface area contributed by atoms with Gasteiger partial charge in [0.25, 0.3) is 0 Å². The van der Waals surface area contributed by atoms with Crippen LogP contribution in [0, 0.1) is 0 Å². The largest absolute Gasteiger partial charge is 0.480 e. The third-order valence-electron chi connectivity index (χ3n) is 1.39. The molecule has 0 spiro atoms. The van der Waals surface area contributed by atoms with Gasteiger partial charge in [-0.1, -0.05) is 0 Å². The van der Waals surface area contributed by atoms with Crippen molar-refractivity contribution in [1.82, 2.24) is 5.32 Å². The lowest BCUT2D eigenvalue weighted by atomic mass is 10.2. The number of carbonyl (C=O) groups is 2. The van der Waals surface area contributed by atoms with Gasteiger partial charge in [-0.2, -0.15) is 5.90 Å². The normalized spacial score (nSPS) is 11.8. The molecule has 0 aromatic heterocycles. The molecule has 7 heteroatoms. The fourth-order valence-electron chi connectivity index (χ4n) is 0.678. The number of nitrogens with two attached hydrogens (primary N) is 2. The van der Waals surface area contributed by atoms with E-state index in [4.69, 9.17) is 10.8 Å². The summed E-state index contributed by atoms with van der Waals surface area (Å²) in [5, 5.41) is 10.7. The first-order chi connectivity index (χ1) is 6.07. The molecule has 0 radical (unpaired) electrons. The highest BCUT2D eigenvalue weighted by Gasteiger charge is 2.10. The second-order valence-electron chi connectivity index (χ2n) is 2.42. The number of carboxylic acid groups (broad SMARTS) is 1. The lowest BCUT2D eigenvalue weighted by Crippen LogP contribution is -2.32. The maximum Gasteiger partial charge on any atom is 0.425 e. The summed E-state index contributed by atoms with van der Waals surface area (Å²) in [6, 6.07) is -0.893. The Morgan fingerprint density at radius 3 is 2.62 bits per heavy atom. The Kier molecular flexibility index (Phi) is 5.57. The summed E-state index contributed by atoms with van der Waals surface area (Å²) in [4.78, 5) is 24.4. The van der Waals surface area contributed by atoms with Gasteiger partial charge in [0.05, 0.1) is 0 Å². The highest BCUT2D eigenvalue weighted by atomic mass is 16.7. The van der Waals surface area contributed by atoms with Gasteiger partial charge in [-0.15, -0.1) is 0 Å². The SMILES string of the molecule is NOC(=O)NCCC[C@H](N)C(=O)O. The summed E-state index contributed by atoms with van der Waals surface area (Å²) >= 11 is 0. The molecule has 13 heavy (non-hydrogen) atoms. The number of carbonyl (C=O) groups excluding carboxylic acids is 1. The molecule has 6 N–H and O–H groups in total. The zero-order chi connectivity index (χ0) is 10.3. The molecular weight excluding hydrogens is 178 g/mol. The summed E-state index contributed by atoms with van der Waals surface area (Å²) in [6.07, 6.45) is 0.00634. The third kappa shape index (κ3) is 5.88. The monoisotopic (exact) mass is 191 g/mol. The highest BCUT2D eigenvalue weighted by molar-refractivity contribution is 5.73. The Morgan fingerprint density at radius 1 is 1.54 bits per heavy atom. The summed E-state index contributed by atoms with van der Waals surface area (Å²) in [7, 11) is 0. The molecule has 0 heterocycles. The molecule has 0 fully saturated rings. The number of hydrogen-bond acceptors (Lipinski definition) is 5. The van der Waals surface area contributed by atoms with Gasteiger partial charge in [0, 0.05) is 6.54 Å². The van der Waals surface area contributed by atoms with Gasteiger partial charge >= 0.3 is 12.1 Å². The zero-order valence-corrected chi connectivity index (χ0v) is 7.03. The number of rotatable bonds is 5. The molecule has 0 saturated heterocycles. The highest BCUT2D eigenvalue weighted by Crippen LogP contribution is 1.92. The van der Waals surface area contributed by atoms with Crippen molar-refractivity contribution in [2.45, 2.75) is 18.9 Å². The summed E-state index contributed by atoms with van der Waals surface area (Å²) in [5.74, 6) is 3.48. The molecule has 0 unspecified atom stereocenters. The second kappa shape index (κ2) is 6.21. The van der Waals surface area contributed by atoms with Crippen molar-refractivity contribution in [3.63, 3.8) is 0 Å². The van der Waals surface area contributed by atoms with Crippen molar-refractivity contribution in [1.29, 1.82) is 0 Å². The van der Waals surface area contributed by atoms with Crippen LogP contribution in [0.2, 0.25) is 0 Å². The Hall–Kier alpha value is -1.34. The maximum absolute atomic E-state index is 10.4. The average Bonchev–Trinajstić information content (AvgIpc) is 2.11. The van der Waals surface area contributed by atoms with Crippen LogP contribution in [0.1, 0.15) is 12.8 Å². The zero-order valence-electron chi connectivity index (χ0n) is 7.03. The minimum atomic E-state index is -1.05. The standard InChI is InChI=1S/C6H13N3O4/c7-4(5(10)11)2-1-3-9-6(12)13-8/h4H,1-3,7-8H2,(H,9,12)(H,10,11)/t4-/m0/s1. The smallest absolute Gasteiger partial charge is 0.425 e. The summed E-state index contributed by atoms with van der Waals surface area (Å²) < 4.78 is 0. The van der Waals surface area contributed by atoms with Gasteiger partial charge in [-0.3, -0.25) is 4.79 Å². The Bertz CT molecular complexity index is 185. The van der Waals surface area contributed by atoms with Crippen LogP contribution >= 0.6 is 0 Å². The lowest BCUT2D eigenvalue weighted by Gasteiger charge is -2.05. The van der Waals surface area contributed by atoms with Gasteiger partial charge in [-0.05, 0) is 12.8 Å². The van der Waals surface area contributed by atoms with Crippen LogP contribution in [0.4, 0.5) is 4.79 Å². The molecule has 76 valence electrons. The maximum atomic E-state index is 10.4. The molecule has 0 rings (SSSR count). The van der Waals surface area contributed by atoms with E-state index in [0.29, 0.717) is 12.8 Å². The van der Waals surface area contributed by atoms with E-state index in [-0.39, 0.29) is 6.54 Å². The van der Waals surface area contributed by atoms with Gasteiger partial charge in [-0.25, -0.2) is 4.79 Å². The van der Waals surface area contributed by atoms with Gasteiger partial charge in [0.2, 0.25) is 0 Å². The first kappa shape index (κ1) is 11.7. The van der Waals surface area contributed by atoms with Crippen molar-refractivity contribution in [3.05, 3.63) is 0 Å². The fraction of sp³-hybridized carbons (Fsp3) is 0.667. The van der Waals surface area contributed by atoms with Crippen LogP contribution in [0.3, 0.4) is 0 Å². The lowest BCUT2D eigenvalue weighted by molar-refractivity contribution is -0.138. The number of hydrogen-bond donors (Lipinski definition) is 4. The number of nitrogens with one attached hydrogen (secondary N) is 1. The molecule has 0 aliphatic heterocycles. The van der Waals surface area contributed by atoms with Crippen molar-refractivity contribution in [3.8, 4) is 0 Å². The predicted octanol–water partition coefficient (Wildman–Crippen LogP) is -1.22.